The van der Waals surface area contributed by atoms with Crippen molar-refractivity contribution in [1.82, 2.24) is 4.98 Å². The number of aryl methyl sites for hydroxylation is 1. The molecule has 13 heavy (non-hydrogen) atoms. The fraction of sp³-hybridized carbons (Fsp3) is 0.333. The number of hydrogen-bond acceptors (Lipinski definition) is 4. The normalized spacial score (nSPS) is 11.8. The van der Waals surface area contributed by atoms with Gasteiger partial charge in [-0.3, -0.25) is 0 Å². The molecule has 0 aliphatic heterocycles. The van der Waals surface area contributed by atoms with Gasteiger partial charge in [0.15, 0.2) is 17.7 Å². The van der Waals surface area contributed by atoms with Gasteiger partial charge >= 0.3 is 0 Å². The lowest BCUT2D eigenvalue weighted by molar-refractivity contribution is 0.277. The first-order chi connectivity index (χ1) is 6.13. The van der Waals surface area contributed by atoms with Crippen molar-refractivity contribution in [2.75, 3.05) is 5.73 Å². The highest BCUT2D eigenvalue weighted by Crippen LogP contribution is 2.19. The molecule has 0 spiro atoms. The SMILES string of the molecule is Cc1ccc(OC(C)C#N)c(N)n1. The largest absolute Gasteiger partial charge is 0.472 e. The number of pyridine rings is 1. The van der Waals surface area contributed by atoms with Crippen LogP contribution in [0.4, 0.5) is 5.82 Å². The molecule has 0 aromatic carbocycles. The second-order valence-electron chi connectivity index (χ2n) is 2.73. The van der Waals surface area contributed by atoms with Crippen LogP contribution in [0.1, 0.15) is 12.6 Å². The molecule has 4 nitrogen and oxygen atoms in total. The second-order valence-corrected chi connectivity index (χ2v) is 2.73. The van der Waals surface area contributed by atoms with E-state index in [0.717, 1.165) is 5.69 Å². The van der Waals surface area contributed by atoms with Crippen molar-refractivity contribution in [3.8, 4) is 11.8 Å². The van der Waals surface area contributed by atoms with Crippen molar-refractivity contribution in [3.05, 3.63) is 17.8 Å². The molecule has 0 amide bonds. The molecule has 0 aliphatic carbocycles. The molecular formula is C9H11N3O. The second kappa shape index (κ2) is 3.76. The first kappa shape index (κ1) is 9.33. The Morgan fingerprint density at radius 3 is 2.85 bits per heavy atom. The molecule has 1 aromatic heterocycles. The maximum Gasteiger partial charge on any atom is 0.181 e. The van der Waals surface area contributed by atoms with Gasteiger partial charge < -0.3 is 10.5 Å². The first-order valence-electron chi connectivity index (χ1n) is 3.93. The van der Waals surface area contributed by atoms with E-state index in [0.29, 0.717) is 11.6 Å². The summed E-state index contributed by atoms with van der Waals surface area (Å²) >= 11 is 0. The average Bonchev–Trinajstić information content (AvgIpc) is 2.09. The Bertz CT molecular complexity index is 343. The van der Waals surface area contributed by atoms with Gasteiger partial charge in [-0.15, -0.1) is 0 Å². The van der Waals surface area contributed by atoms with E-state index in [-0.39, 0.29) is 0 Å². The fourth-order valence-electron chi connectivity index (χ4n) is 0.880. The highest BCUT2D eigenvalue weighted by atomic mass is 16.5. The molecule has 0 bridgehead atoms. The van der Waals surface area contributed by atoms with Crippen LogP contribution in [0.5, 0.6) is 5.75 Å². The molecular weight excluding hydrogens is 166 g/mol. The molecule has 0 radical (unpaired) electrons. The van der Waals surface area contributed by atoms with Gasteiger partial charge in [-0.25, -0.2) is 4.98 Å². The molecule has 4 heteroatoms. The van der Waals surface area contributed by atoms with Crippen molar-refractivity contribution in [1.29, 1.82) is 5.26 Å². The van der Waals surface area contributed by atoms with Gasteiger partial charge in [0.2, 0.25) is 0 Å². The number of nitriles is 1. The van der Waals surface area contributed by atoms with Crippen LogP contribution < -0.4 is 10.5 Å². The molecule has 0 saturated heterocycles. The molecule has 0 aliphatic rings. The summed E-state index contributed by atoms with van der Waals surface area (Å²) in [6, 6.07) is 5.45. The lowest BCUT2D eigenvalue weighted by Gasteiger charge is -2.09. The zero-order valence-electron chi connectivity index (χ0n) is 7.61. The van der Waals surface area contributed by atoms with E-state index in [1.807, 2.05) is 13.0 Å². The van der Waals surface area contributed by atoms with Gasteiger partial charge in [0, 0.05) is 5.69 Å². The summed E-state index contributed by atoms with van der Waals surface area (Å²) in [6.07, 6.45) is -0.508. The topological polar surface area (TPSA) is 71.9 Å². The smallest absolute Gasteiger partial charge is 0.181 e. The number of nitrogens with zero attached hydrogens (tertiary/aromatic N) is 2. The van der Waals surface area contributed by atoms with Gasteiger partial charge in [-0.1, -0.05) is 0 Å². The zero-order valence-corrected chi connectivity index (χ0v) is 7.61. The Morgan fingerprint density at radius 1 is 1.62 bits per heavy atom. The number of rotatable bonds is 2. The van der Waals surface area contributed by atoms with Crippen LogP contribution in [0.3, 0.4) is 0 Å². The predicted octanol–water partition coefficient (Wildman–Crippen LogP) is 1.26. The summed E-state index contributed by atoms with van der Waals surface area (Å²) in [5, 5.41) is 8.51. The van der Waals surface area contributed by atoms with Crippen LogP contribution in [0.25, 0.3) is 0 Å². The number of nitrogens with two attached hydrogens (primary N) is 1. The van der Waals surface area contributed by atoms with Crippen molar-refractivity contribution >= 4 is 5.82 Å². The minimum Gasteiger partial charge on any atom is -0.472 e. The molecule has 0 fully saturated rings. The maximum atomic E-state index is 8.51. The molecule has 1 aromatic rings. The van der Waals surface area contributed by atoms with E-state index in [1.165, 1.54) is 0 Å². The van der Waals surface area contributed by atoms with E-state index in [4.69, 9.17) is 15.7 Å². The number of nitrogen functional groups attached to an aromatic ring is 1. The van der Waals surface area contributed by atoms with Crippen LogP contribution in [-0.4, -0.2) is 11.1 Å². The van der Waals surface area contributed by atoms with E-state index >= 15 is 0 Å². The Labute approximate surface area is 77.0 Å². The summed E-state index contributed by atoms with van der Waals surface area (Å²) < 4.78 is 5.20. The third-order valence-corrected chi connectivity index (χ3v) is 1.51. The Hall–Kier alpha value is -1.76. The molecule has 1 rings (SSSR count). The number of ether oxygens (including phenoxy) is 1. The number of anilines is 1. The van der Waals surface area contributed by atoms with Gasteiger partial charge in [-0.05, 0) is 26.0 Å². The van der Waals surface area contributed by atoms with E-state index in [9.17, 15) is 0 Å². The maximum absolute atomic E-state index is 8.51. The molecule has 2 N–H and O–H groups in total. The highest BCUT2D eigenvalue weighted by Gasteiger charge is 2.05. The van der Waals surface area contributed by atoms with Crippen molar-refractivity contribution < 1.29 is 4.74 Å². The fourth-order valence-corrected chi connectivity index (χ4v) is 0.880. The summed E-state index contributed by atoms with van der Waals surface area (Å²) in [5.74, 6) is 0.779. The van der Waals surface area contributed by atoms with Gasteiger partial charge in [-0.2, -0.15) is 5.26 Å². The Balaban J connectivity index is 2.85. The predicted molar refractivity (Wildman–Crippen MR) is 49.1 cm³/mol. The lowest BCUT2D eigenvalue weighted by atomic mass is 10.3. The van der Waals surface area contributed by atoms with Crippen LogP contribution >= 0.6 is 0 Å². The monoisotopic (exact) mass is 177 g/mol. The summed E-state index contributed by atoms with van der Waals surface area (Å²) in [4.78, 5) is 4.00. The molecule has 1 unspecified atom stereocenters. The summed E-state index contributed by atoms with van der Waals surface area (Å²) in [6.45, 7) is 3.49. The van der Waals surface area contributed by atoms with Crippen molar-refractivity contribution in [3.63, 3.8) is 0 Å². The third-order valence-electron chi connectivity index (χ3n) is 1.51. The minimum absolute atomic E-state index is 0.321. The molecule has 0 saturated carbocycles. The van der Waals surface area contributed by atoms with E-state index in [1.54, 1.807) is 19.1 Å². The third kappa shape index (κ3) is 2.34. The molecule has 1 atom stereocenters. The van der Waals surface area contributed by atoms with Gasteiger partial charge in [0.05, 0.1) is 0 Å². The Morgan fingerprint density at radius 2 is 2.31 bits per heavy atom. The van der Waals surface area contributed by atoms with E-state index < -0.39 is 6.10 Å². The van der Waals surface area contributed by atoms with Crippen molar-refractivity contribution in [2.24, 2.45) is 0 Å². The molecule has 1 heterocycles. The number of hydrogen-bond donors (Lipinski definition) is 1. The molecule has 68 valence electrons. The number of aromatic nitrogens is 1. The van der Waals surface area contributed by atoms with Crippen LogP contribution in [0.15, 0.2) is 12.1 Å². The summed E-state index contributed by atoms with van der Waals surface area (Å²) in [5.41, 5.74) is 6.41. The van der Waals surface area contributed by atoms with E-state index in [2.05, 4.69) is 4.98 Å². The quantitative estimate of drug-likeness (QED) is 0.738. The lowest BCUT2D eigenvalue weighted by Crippen LogP contribution is -2.10. The van der Waals surface area contributed by atoms with Gasteiger partial charge in [0.25, 0.3) is 0 Å². The minimum atomic E-state index is -0.508. The summed E-state index contributed by atoms with van der Waals surface area (Å²) in [7, 11) is 0. The highest BCUT2D eigenvalue weighted by molar-refractivity contribution is 5.46. The Kier molecular flexibility index (Phi) is 2.70. The zero-order chi connectivity index (χ0) is 9.84. The van der Waals surface area contributed by atoms with Crippen LogP contribution in [0, 0.1) is 18.3 Å². The standard InChI is InChI=1S/C9H11N3O/c1-6-3-4-8(9(11)12-6)13-7(2)5-10/h3-4,7H,1-2H3,(H2,11,12). The van der Waals surface area contributed by atoms with Crippen molar-refractivity contribution in [2.45, 2.75) is 20.0 Å². The first-order valence-corrected chi connectivity index (χ1v) is 3.93. The van der Waals surface area contributed by atoms with Crippen LogP contribution in [-0.2, 0) is 0 Å². The van der Waals surface area contributed by atoms with Gasteiger partial charge in [0.1, 0.15) is 6.07 Å². The average molecular weight is 177 g/mol. The van der Waals surface area contributed by atoms with Crippen LogP contribution in [0.2, 0.25) is 0 Å².